The zero-order chi connectivity index (χ0) is 30.6. The summed E-state index contributed by atoms with van der Waals surface area (Å²) in [5.74, 6) is 0.761. The van der Waals surface area contributed by atoms with Crippen LogP contribution in [-0.2, 0) is 0 Å². The highest BCUT2D eigenvalue weighted by Gasteiger charge is 2.24. The van der Waals surface area contributed by atoms with Gasteiger partial charge in [0.25, 0.3) is 0 Å². The van der Waals surface area contributed by atoms with E-state index in [-0.39, 0.29) is 0 Å². The van der Waals surface area contributed by atoms with Crippen LogP contribution in [0.2, 0.25) is 0 Å². The van der Waals surface area contributed by atoms with Gasteiger partial charge in [0.15, 0.2) is 5.82 Å². The first kappa shape index (κ1) is 24.8. The van der Waals surface area contributed by atoms with Crippen molar-refractivity contribution in [3.8, 4) is 17.1 Å². The molecule has 11 aromatic rings. The average molecular weight is 602 g/mol. The Labute approximate surface area is 266 Å². The standard InChI is InChI=1S/C42H23N3O2/c1-2-11-25-24(10-1)20-21-33-37(25)26-12-3-7-18-32(26)45(33)42-40(43-30-16-5-6-17-31(30)44-42)29-15-9-14-28-39-36(47-41(28)29)23-22-35-38(39)27-13-4-8-19-34(27)46-35/h1-23H. The van der Waals surface area contributed by atoms with Gasteiger partial charge in [0.2, 0.25) is 0 Å². The summed E-state index contributed by atoms with van der Waals surface area (Å²) < 4.78 is 15.3. The number of hydrogen-bond donors (Lipinski definition) is 0. The Kier molecular flexibility index (Phi) is 4.78. The number of aromatic nitrogens is 3. The number of benzene rings is 7. The van der Waals surface area contributed by atoms with Crippen LogP contribution in [-0.4, -0.2) is 14.5 Å². The van der Waals surface area contributed by atoms with Crippen molar-refractivity contribution in [2.24, 2.45) is 0 Å². The highest BCUT2D eigenvalue weighted by atomic mass is 16.3. The van der Waals surface area contributed by atoms with Crippen molar-refractivity contribution in [2.45, 2.75) is 0 Å². The summed E-state index contributed by atoms with van der Waals surface area (Å²) in [5.41, 5.74) is 8.76. The molecule has 47 heavy (non-hydrogen) atoms. The summed E-state index contributed by atoms with van der Waals surface area (Å²) in [7, 11) is 0. The normalized spacial score (nSPS) is 12.3. The van der Waals surface area contributed by atoms with Gasteiger partial charge in [-0.1, -0.05) is 91.0 Å². The van der Waals surface area contributed by atoms with E-state index in [0.717, 1.165) is 83.0 Å². The molecule has 0 spiro atoms. The van der Waals surface area contributed by atoms with Gasteiger partial charge in [0.1, 0.15) is 28.0 Å². The van der Waals surface area contributed by atoms with Crippen molar-refractivity contribution in [1.82, 2.24) is 14.5 Å². The molecule has 0 aliphatic rings. The van der Waals surface area contributed by atoms with E-state index in [4.69, 9.17) is 18.8 Å². The molecular formula is C42H23N3O2. The Balaban J connectivity index is 1.29. The largest absolute Gasteiger partial charge is 0.456 e. The number of nitrogens with zero attached hydrogens (tertiary/aromatic N) is 3. The van der Waals surface area contributed by atoms with Gasteiger partial charge in [0, 0.05) is 37.9 Å². The topological polar surface area (TPSA) is 57.0 Å². The van der Waals surface area contributed by atoms with Crippen molar-refractivity contribution < 1.29 is 8.83 Å². The SMILES string of the molecule is c1ccc2c(c1)ccc1c2c2ccccc2n1-c1nc2ccccc2nc1-c1cccc2c1oc1ccc3oc4ccccc4c3c12. The Morgan fingerprint density at radius 3 is 2.00 bits per heavy atom. The number of para-hydroxylation sites is 5. The van der Waals surface area contributed by atoms with E-state index in [0.29, 0.717) is 0 Å². The first-order valence-electron chi connectivity index (χ1n) is 15.8. The van der Waals surface area contributed by atoms with Gasteiger partial charge >= 0.3 is 0 Å². The Hall–Kier alpha value is -6.46. The molecule has 5 heteroatoms. The molecule has 0 unspecified atom stereocenters. The van der Waals surface area contributed by atoms with Crippen LogP contribution < -0.4 is 0 Å². The average Bonchev–Trinajstić information content (AvgIpc) is 3.80. The van der Waals surface area contributed by atoms with E-state index >= 15 is 0 Å². The van der Waals surface area contributed by atoms with E-state index in [1.165, 1.54) is 21.5 Å². The molecule has 5 nitrogen and oxygen atoms in total. The maximum Gasteiger partial charge on any atom is 0.165 e. The molecule has 11 rings (SSSR count). The molecule has 0 aliphatic carbocycles. The molecule has 218 valence electrons. The minimum Gasteiger partial charge on any atom is -0.456 e. The first-order valence-corrected chi connectivity index (χ1v) is 15.8. The third-order valence-electron chi connectivity index (χ3n) is 9.58. The van der Waals surface area contributed by atoms with Gasteiger partial charge in [-0.05, 0) is 59.3 Å². The smallest absolute Gasteiger partial charge is 0.165 e. The van der Waals surface area contributed by atoms with Crippen LogP contribution in [0.4, 0.5) is 0 Å². The van der Waals surface area contributed by atoms with Crippen LogP contribution in [0.1, 0.15) is 0 Å². The maximum atomic E-state index is 6.76. The molecular weight excluding hydrogens is 578 g/mol. The molecule has 0 atom stereocenters. The van der Waals surface area contributed by atoms with Crippen LogP contribution >= 0.6 is 0 Å². The fourth-order valence-electron chi connectivity index (χ4n) is 7.59. The number of hydrogen-bond acceptors (Lipinski definition) is 4. The second-order valence-electron chi connectivity index (χ2n) is 12.1. The lowest BCUT2D eigenvalue weighted by Crippen LogP contribution is -2.03. The Morgan fingerprint density at radius 1 is 0.426 bits per heavy atom. The second-order valence-corrected chi connectivity index (χ2v) is 12.1. The van der Waals surface area contributed by atoms with Crippen LogP contribution in [0.15, 0.2) is 148 Å². The minimum absolute atomic E-state index is 0.761. The zero-order valence-corrected chi connectivity index (χ0v) is 24.9. The van der Waals surface area contributed by atoms with E-state index in [1.54, 1.807) is 0 Å². The number of furan rings is 2. The first-order chi connectivity index (χ1) is 23.3. The summed E-state index contributed by atoms with van der Waals surface area (Å²) in [5, 5.41) is 9.00. The van der Waals surface area contributed by atoms with Gasteiger partial charge in [-0.2, -0.15) is 0 Å². The fourth-order valence-corrected chi connectivity index (χ4v) is 7.59. The Morgan fingerprint density at radius 2 is 1.11 bits per heavy atom. The van der Waals surface area contributed by atoms with Crippen LogP contribution in [0.3, 0.4) is 0 Å². The minimum atomic E-state index is 0.761. The summed E-state index contributed by atoms with van der Waals surface area (Å²) in [6.07, 6.45) is 0. The lowest BCUT2D eigenvalue weighted by molar-refractivity contribution is 0.663. The van der Waals surface area contributed by atoms with Crippen LogP contribution in [0.5, 0.6) is 0 Å². The van der Waals surface area contributed by atoms with Crippen LogP contribution in [0.25, 0.3) is 105 Å². The third kappa shape index (κ3) is 3.32. The molecule has 0 aliphatic heterocycles. The molecule has 0 amide bonds. The van der Waals surface area contributed by atoms with Crippen LogP contribution in [0, 0.1) is 0 Å². The summed E-state index contributed by atoms with van der Waals surface area (Å²) >= 11 is 0. The number of rotatable bonds is 2. The lowest BCUT2D eigenvalue weighted by Gasteiger charge is -2.14. The fraction of sp³-hybridized carbons (Fsp3) is 0. The molecule has 0 radical (unpaired) electrons. The van der Waals surface area contributed by atoms with Crippen molar-refractivity contribution >= 4 is 87.5 Å². The molecule has 0 fully saturated rings. The van der Waals surface area contributed by atoms with Crippen molar-refractivity contribution in [2.75, 3.05) is 0 Å². The summed E-state index contributed by atoms with van der Waals surface area (Å²) in [6, 6.07) is 48.2. The maximum absolute atomic E-state index is 6.76. The molecule has 0 saturated carbocycles. The van der Waals surface area contributed by atoms with Gasteiger partial charge in [0.05, 0.1) is 22.1 Å². The van der Waals surface area contributed by atoms with Gasteiger partial charge in [-0.3, -0.25) is 4.57 Å². The molecule has 0 saturated heterocycles. The quantitative estimate of drug-likeness (QED) is 0.198. The van der Waals surface area contributed by atoms with Gasteiger partial charge < -0.3 is 8.83 Å². The zero-order valence-electron chi connectivity index (χ0n) is 24.9. The van der Waals surface area contributed by atoms with E-state index < -0.39 is 0 Å². The van der Waals surface area contributed by atoms with Gasteiger partial charge in [-0.25, -0.2) is 9.97 Å². The van der Waals surface area contributed by atoms with E-state index in [1.807, 2.05) is 48.5 Å². The lowest BCUT2D eigenvalue weighted by atomic mass is 10.0. The molecule has 4 heterocycles. The van der Waals surface area contributed by atoms with E-state index in [9.17, 15) is 0 Å². The second kappa shape index (κ2) is 9.05. The van der Waals surface area contributed by atoms with Gasteiger partial charge in [-0.15, -0.1) is 0 Å². The van der Waals surface area contributed by atoms with Crippen molar-refractivity contribution in [3.63, 3.8) is 0 Å². The van der Waals surface area contributed by atoms with E-state index in [2.05, 4.69) is 95.6 Å². The number of fused-ring (bicyclic) bond motifs is 13. The highest BCUT2D eigenvalue weighted by Crippen LogP contribution is 2.44. The van der Waals surface area contributed by atoms with Crippen molar-refractivity contribution in [3.05, 3.63) is 140 Å². The Bertz CT molecular complexity index is 3090. The predicted octanol–water partition coefficient (Wildman–Crippen LogP) is 11.3. The predicted molar refractivity (Wildman–Crippen MR) is 191 cm³/mol. The monoisotopic (exact) mass is 601 g/mol. The summed E-state index contributed by atoms with van der Waals surface area (Å²) in [6.45, 7) is 0. The highest BCUT2D eigenvalue weighted by molar-refractivity contribution is 6.27. The molecule has 7 aromatic carbocycles. The summed E-state index contributed by atoms with van der Waals surface area (Å²) in [4.78, 5) is 10.7. The molecule has 4 aromatic heterocycles. The third-order valence-corrected chi connectivity index (χ3v) is 9.58. The van der Waals surface area contributed by atoms with Crippen molar-refractivity contribution in [1.29, 1.82) is 0 Å². The molecule has 0 bridgehead atoms. The molecule has 0 N–H and O–H groups in total.